The molecular formula is C50H60N9O14PS2. The first-order chi connectivity index (χ1) is 36.1. The molecule has 5 heterocycles. The Morgan fingerprint density at radius 1 is 0.987 bits per heavy atom. The number of nitrogens with one attached hydrogen (secondary N) is 4. The van der Waals surface area contributed by atoms with Gasteiger partial charge in [-0.3, -0.25) is 28.3 Å². The number of amides is 2. The summed E-state index contributed by atoms with van der Waals surface area (Å²) >= 11 is 7.01. The van der Waals surface area contributed by atoms with Crippen LogP contribution in [-0.4, -0.2) is 120 Å². The van der Waals surface area contributed by atoms with Crippen molar-refractivity contribution in [3.8, 4) is 28.2 Å². The Kier molecular flexibility index (Phi) is 17.2. The van der Waals surface area contributed by atoms with Crippen LogP contribution in [0.15, 0.2) is 76.5 Å². The van der Waals surface area contributed by atoms with Gasteiger partial charge in [0, 0.05) is 40.9 Å². The molecule has 4 aliphatic rings. The Hall–Kier alpha value is -6.44. The van der Waals surface area contributed by atoms with Crippen LogP contribution < -0.4 is 32.2 Å². The lowest BCUT2D eigenvalue weighted by atomic mass is 9.90. The molecule has 2 aromatic carbocycles. The highest BCUT2D eigenvalue weighted by Crippen LogP contribution is 2.49. The first kappa shape index (κ1) is 55.8. The van der Waals surface area contributed by atoms with Gasteiger partial charge in [-0.1, -0.05) is 18.9 Å². The maximum Gasteiger partial charge on any atom is 0.435 e. The van der Waals surface area contributed by atoms with Crippen molar-refractivity contribution in [2.24, 2.45) is 0 Å². The second-order valence-corrected chi connectivity index (χ2v) is 22.6. The van der Waals surface area contributed by atoms with E-state index in [4.69, 9.17) is 50.4 Å². The molecule has 4 aromatic rings. The largest absolute Gasteiger partial charge is 0.508 e. The second kappa shape index (κ2) is 23.4. The fraction of sp³-hybridized carbons (Fsp3) is 0.440. The number of imidazole rings is 1. The number of nitrogen functional groups attached to an aromatic ring is 1. The average Bonchev–Trinajstić information content (AvgIpc) is 4.06. The molecule has 8 rings (SSSR count). The molecule has 6 atom stereocenters. The number of hydrogen-bond acceptors (Lipinski definition) is 19. The van der Waals surface area contributed by atoms with Crippen LogP contribution in [0.1, 0.15) is 83.3 Å². The topological polar surface area (TPSA) is 312 Å². The summed E-state index contributed by atoms with van der Waals surface area (Å²) in [7, 11) is -4.49. The van der Waals surface area contributed by atoms with Crippen LogP contribution in [0.25, 0.3) is 44.6 Å². The van der Waals surface area contributed by atoms with Gasteiger partial charge in [0.2, 0.25) is 0 Å². The summed E-state index contributed by atoms with van der Waals surface area (Å²) in [6.45, 7) is 8.58. The van der Waals surface area contributed by atoms with E-state index in [9.17, 15) is 34.0 Å². The van der Waals surface area contributed by atoms with E-state index in [-0.39, 0.29) is 58.6 Å². The third-order valence-electron chi connectivity index (χ3n) is 12.1. The molecule has 2 amide bonds. The van der Waals surface area contributed by atoms with Crippen molar-refractivity contribution in [3.05, 3.63) is 83.0 Å². The Labute approximate surface area is 446 Å². The number of carbonyl (C=O) groups is 3. The summed E-state index contributed by atoms with van der Waals surface area (Å²) in [5, 5.41) is 32.6. The summed E-state index contributed by atoms with van der Waals surface area (Å²) in [6, 6.07) is 12.4. The van der Waals surface area contributed by atoms with Gasteiger partial charge in [-0.15, -0.1) is 0 Å². The van der Waals surface area contributed by atoms with Gasteiger partial charge in [-0.05, 0) is 120 Å². The lowest BCUT2D eigenvalue weighted by molar-refractivity contribution is -0.199. The molecule has 0 saturated carbocycles. The molecule has 23 nitrogen and oxygen atoms in total. The van der Waals surface area contributed by atoms with Gasteiger partial charge < -0.3 is 55.3 Å². The summed E-state index contributed by atoms with van der Waals surface area (Å²) in [5.74, 6) is -2.21. The molecule has 0 bridgehead atoms. The number of ether oxygens (including phenoxy) is 4. The molecule has 2 fully saturated rings. The summed E-state index contributed by atoms with van der Waals surface area (Å²) in [4.78, 5) is 64.4. The minimum absolute atomic E-state index is 0.0391. The quantitative estimate of drug-likeness (QED) is 0.0158. The number of fused-ring (bicyclic) bond motifs is 4. The van der Waals surface area contributed by atoms with E-state index < -0.39 is 67.7 Å². The van der Waals surface area contributed by atoms with Gasteiger partial charge in [0.15, 0.2) is 34.0 Å². The molecular weight excluding hydrogens is 1050 g/mol. The van der Waals surface area contributed by atoms with Gasteiger partial charge >= 0.3 is 19.8 Å². The molecule has 8 N–H and O–H groups in total. The third-order valence-corrected chi connectivity index (χ3v) is 14.5. The Morgan fingerprint density at radius 3 is 2.51 bits per heavy atom. The number of anilines is 2. The van der Waals surface area contributed by atoms with E-state index >= 15 is 0 Å². The summed E-state index contributed by atoms with van der Waals surface area (Å²) in [5.41, 5.74) is 7.72. The van der Waals surface area contributed by atoms with Crippen LogP contribution in [0.3, 0.4) is 0 Å². The number of nitrogens with two attached hydrogens (primary N) is 1. The molecule has 2 saturated heterocycles. The van der Waals surface area contributed by atoms with E-state index in [1.165, 1.54) is 54.7 Å². The van der Waals surface area contributed by atoms with Gasteiger partial charge in [-0.2, -0.15) is 11.8 Å². The number of aromatic hydroxyl groups is 1. The smallest absolute Gasteiger partial charge is 0.435 e. The molecule has 26 heteroatoms. The number of carbonyl (C=O) groups excluding carboxylic acids is 2. The second-order valence-electron chi connectivity index (χ2n) is 19.5. The fourth-order valence-corrected chi connectivity index (χ4v) is 10.9. The van der Waals surface area contributed by atoms with E-state index in [2.05, 4.69) is 36.0 Å². The molecule has 1 aliphatic carbocycles. The number of thiocarbonyl (C=S) groups is 1. The van der Waals surface area contributed by atoms with Gasteiger partial charge in [0.05, 0.1) is 25.1 Å². The zero-order chi connectivity index (χ0) is 54.5. The number of hydrogen-bond donors (Lipinski definition) is 7. The number of phenolic OH excluding ortho intramolecular Hbond substituents is 1. The zero-order valence-electron chi connectivity index (χ0n) is 42.5. The Balaban J connectivity index is 0.881. The average molecular weight is 1110 g/mol. The van der Waals surface area contributed by atoms with Gasteiger partial charge in [-0.25, -0.2) is 29.1 Å². The SMILES string of the molecule is CSCC[C@H](NC(=O)OC(C)(C)C)C(=O)NP(=O)(OCCCCCCNC(=S)Nc1ccc(-c2c3ccc(=O)cc-3oc3cc(O)ccc23)c(C(=O)O)c1)OC[C@H]1O[C@@H](n2cnc3c(N)ncnc32)[C@@H]2OC(C)(C)O[C@@H]21. The summed E-state index contributed by atoms with van der Waals surface area (Å²) in [6.07, 6.45) is 3.26. The van der Waals surface area contributed by atoms with Crippen LogP contribution in [0.4, 0.5) is 16.3 Å². The lowest BCUT2D eigenvalue weighted by Gasteiger charge is -2.27. The van der Waals surface area contributed by atoms with Crippen LogP contribution in [0.2, 0.25) is 0 Å². The number of benzene rings is 3. The number of thioether (sulfide) groups is 1. The van der Waals surface area contributed by atoms with Crippen LogP contribution in [-0.2, 0) is 37.4 Å². The molecule has 2 aromatic heterocycles. The molecule has 406 valence electrons. The van der Waals surface area contributed by atoms with E-state index in [0.29, 0.717) is 76.9 Å². The maximum atomic E-state index is 14.7. The van der Waals surface area contributed by atoms with E-state index in [1.54, 1.807) is 63.5 Å². The molecule has 76 heavy (non-hydrogen) atoms. The maximum absolute atomic E-state index is 14.7. The standard InChI is InChI=1S/C50H60N9O14PS2/c1-49(2,3)73-48(65)57-34(17-20-76-6)44(62)58-74(66,68-24-37-40-41(72-50(4,5)71-40)45(70-37)59-26-55-39-42(51)53-25-54-43(39)59)67-19-10-8-7-9-18-52-47(75)56-27-11-14-30(33(21-27)46(63)64)38-31-15-12-28(60)22-35(31)69-36-23-29(61)13-16-32(36)38/h11-16,21-23,25-26,34,37,40-41,45,60H,7-10,17-20,24H2,1-6H3,(H,57,65)(H,63,64)(H2,51,53,54)(H2,52,56,75)(H,58,62,66)/t34-,37+,40+,41+,45+,74?/m0/s1. The highest BCUT2D eigenvalue weighted by atomic mass is 32.2. The van der Waals surface area contributed by atoms with Crippen LogP contribution >= 0.6 is 31.7 Å². The number of nitrogens with zero attached hydrogens (tertiary/aromatic N) is 4. The Bertz CT molecular complexity index is 3200. The van der Waals surface area contributed by atoms with Gasteiger partial charge in [0.25, 0.3) is 5.91 Å². The zero-order valence-corrected chi connectivity index (χ0v) is 45.1. The van der Waals surface area contributed by atoms with E-state index in [0.717, 1.165) is 0 Å². The first-order valence-corrected chi connectivity index (χ1v) is 27.7. The summed E-state index contributed by atoms with van der Waals surface area (Å²) < 4.78 is 58.6. The number of aromatic carboxylic acids is 1. The molecule has 0 radical (unpaired) electrons. The monoisotopic (exact) mass is 1110 g/mol. The Morgan fingerprint density at radius 2 is 1.75 bits per heavy atom. The van der Waals surface area contributed by atoms with Crippen molar-refractivity contribution in [1.29, 1.82) is 0 Å². The third kappa shape index (κ3) is 13.4. The molecule has 1 unspecified atom stereocenters. The number of carboxylic acids is 1. The fourth-order valence-electron chi connectivity index (χ4n) is 8.82. The highest BCUT2D eigenvalue weighted by molar-refractivity contribution is 7.98. The molecule has 0 spiro atoms. The number of aromatic nitrogens is 4. The van der Waals surface area contributed by atoms with Crippen LogP contribution in [0, 0.1) is 0 Å². The number of phenols is 1. The van der Waals surface area contributed by atoms with Crippen molar-refractivity contribution in [2.75, 3.05) is 42.8 Å². The number of carboxylic acid groups (broad SMARTS) is 1. The highest BCUT2D eigenvalue weighted by Gasteiger charge is 2.57. The van der Waals surface area contributed by atoms with Gasteiger partial charge in [0.1, 0.15) is 58.9 Å². The minimum atomic E-state index is -4.49. The van der Waals surface area contributed by atoms with E-state index in [1.807, 2.05) is 6.26 Å². The van der Waals surface area contributed by atoms with Crippen molar-refractivity contribution >= 4 is 88.4 Å². The van der Waals surface area contributed by atoms with Crippen molar-refractivity contribution in [3.63, 3.8) is 0 Å². The van der Waals surface area contributed by atoms with Crippen molar-refractivity contribution < 1.29 is 61.6 Å². The molecule has 3 aliphatic heterocycles. The lowest BCUT2D eigenvalue weighted by Crippen LogP contribution is -2.48. The predicted octanol–water partition coefficient (Wildman–Crippen LogP) is 7.56. The number of rotatable bonds is 21. The number of unbranched alkanes of at least 4 members (excludes halogenated alkanes) is 3. The first-order valence-electron chi connectivity index (χ1n) is 24.4. The minimum Gasteiger partial charge on any atom is -0.508 e. The van der Waals surface area contributed by atoms with Crippen LogP contribution in [0.5, 0.6) is 5.75 Å². The van der Waals surface area contributed by atoms with Crippen molar-refractivity contribution in [2.45, 2.75) is 109 Å². The van der Waals surface area contributed by atoms with Crippen molar-refractivity contribution in [1.82, 2.24) is 35.2 Å². The normalized spacial score (nSPS) is 19.2. The predicted molar refractivity (Wildman–Crippen MR) is 287 cm³/mol. The number of alkyl carbamates (subject to hydrolysis) is 1.